The second kappa shape index (κ2) is 6.26. The molecule has 0 aliphatic heterocycles. The Kier molecular flexibility index (Phi) is 4.00. The number of aromatic amines is 1. The van der Waals surface area contributed by atoms with Gasteiger partial charge in [0.05, 0.1) is 6.61 Å². The Balaban J connectivity index is 1.94. The van der Waals surface area contributed by atoms with E-state index in [2.05, 4.69) is 45.6 Å². The molecule has 108 valence electrons. The first-order chi connectivity index (χ1) is 10.4. The molecule has 2 aromatic carbocycles. The summed E-state index contributed by atoms with van der Waals surface area (Å²) in [7, 11) is 0. The van der Waals surface area contributed by atoms with Gasteiger partial charge in [-0.3, -0.25) is 0 Å². The Morgan fingerprint density at radius 2 is 2.10 bits per heavy atom. The van der Waals surface area contributed by atoms with E-state index in [1.165, 1.54) is 17.1 Å². The van der Waals surface area contributed by atoms with Crippen LogP contribution < -0.4 is 10.1 Å². The van der Waals surface area contributed by atoms with Crippen molar-refractivity contribution in [1.82, 2.24) is 15.2 Å². The van der Waals surface area contributed by atoms with Crippen LogP contribution in [0.3, 0.4) is 0 Å². The van der Waals surface area contributed by atoms with E-state index < -0.39 is 0 Å². The normalized spacial score (nSPS) is 10.7. The maximum Gasteiger partial charge on any atom is 0.218 e. The molecule has 0 spiro atoms. The Hall–Kier alpha value is -2.56. The van der Waals surface area contributed by atoms with Crippen LogP contribution >= 0.6 is 0 Å². The van der Waals surface area contributed by atoms with Crippen molar-refractivity contribution in [2.45, 2.75) is 19.9 Å². The van der Waals surface area contributed by atoms with Gasteiger partial charge in [0, 0.05) is 12.1 Å². The minimum Gasteiger partial charge on any atom is -0.493 e. The first-order valence-electron chi connectivity index (χ1n) is 7.11. The van der Waals surface area contributed by atoms with Crippen molar-refractivity contribution in [3.63, 3.8) is 0 Å². The second-order valence-electron chi connectivity index (χ2n) is 4.80. The average molecular weight is 282 g/mol. The Morgan fingerprint density at radius 1 is 1.19 bits per heavy atom. The molecule has 1 heterocycles. The maximum atomic E-state index is 5.88. The van der Waals surface area contributed by atoms with Crippen LogP contribution in [0.25, 0.3) is 10.8 Å². The van der Waals surface area contributed by atoms with Crippen molar-refractivity contribution >= 4 is 16.7 Å². The summed E-state index contributed by atoms with van der Waals surface area (Å²) in [5.41, 5.74) is 1.14. The van der Waals surface area contributed by atoms with Crippen LogP contribution in [0.2, 0.25) is 0 Å². The minimum atomic E-state index is 0.635. The fourth-order valence-electron chi connectivity index (χ4n) is 2.31. The lowest BCUT2D eigenvalue weighted by atomic mass is 10.0. The van der Waals surface area contributed by atoms with Gasteiger partial charge in [0.25, 0.3) is 0 Å². The van der Waals surface area contributed by atoms with Crippen LogP contribution in [0.5, 0.6) is 5.75 Å². The lowest BCUT2D eigenvalue weighted by Gasteiger charge is -2.14. The molecule has 5 heteroatoms. The average Bonchev–Trinajstić information content (AvgIpc) is 3.04. The number of hydrogen-bond donors (Lipinski definition) is 2. The molecule has 1 aromatic heterocycles. The highest BCUT2D eigenvalue weighted by molar-refractivity contribution is 5.88. The zero-order valence-corrected chi connectivity index (χ0v) is 12.0. The number of nitrogens with zero attached hydrogens (tertiary/aromatic N) is 2. The molecule has 0 radical (unpaired) electrons. The molecule has 2 N–H and O–H groups in total. The van der Waals surface area contributed by atoms with Gasteiger partial charge in [-0.15, -0.1) is 0 Å². The number of benzene rings is 2. The largest absolute Gasteiger partial charge is 0.493 e. The van der Waals surface area contributed by atoms with Gasteiger partial charge in [-0.25, -0.2) is 10.1 Å². The summed E-state index contributed by atoms with van der Waals surface area (Å²) in [6, 6.07) is 12.4. The van der Waals surface area contributed by atoms with E-state index in [1.807, 2.05) is 18.2 Å². The summed E-state index contributed by atoms with van der Waals surface area (Å²) in [4.78, 5) is 4.08. The Morgan fingerprint density at radius 3 is 2.90 bits per heavy atom. The molecule has 3 rings (SSSR count). The quantitative estimate of drug-likeness (QED) is 0.727. The number of nitrogens with one attached hydrogen (secondary N) is 2. The summed E-state index contributed by atoms with van der Waals surface area (Å²) in [5.74, 6) is 1.58. The van der Waals surface area contributed by atoms with Crippen molar-refractivity contribution in [3.05, 3.63) is 48.3 Å². The van der Waals surface area contributed by atoms with Crippen molar-refractivity contribution in [3.8, 4) is 5.75 Å². The zero-order chi connectivity index (χ0) is 14.5. The summed E-state index contributed by atoms with van der Waals surface area (Å²) in [5, 5.41) is 12.3. The number of H-pyrrole nitrogens is 1. The predicted molar refractivity (Wildman–Crippen MR) is 83.4 cm³/mol. The third-order valence-electron chi connectivity index (χ3n) is 3.31. The highest BCUT2D eigenvalue weighted by atomic mass is 16.5. The first-order valence-corrected chi connectivity index (χ1v) is 7.11. The topological polar surface area (TPSA) is 62.8 Å². The minimum absolute atomic E-state index is 0.635. The molecular weight excluding hydrogens is 264 g/mol. The molecule has 3 aromatic rings. The number of hydrogen-bond acceptors (Lipinski definition) is 4. The van der Waals surface area contributed by atoms with Gasteiger partial charge >= 0.3 is 0 Å². The Bertz CT molecular complexity index is 709. The van der Waals surface area contributed by atoms with E-state index in [9.17, 15) is 0 Å². The maximum absolute atomic E-state index is 5.88. The molecule has 0 atom stereocenters. The molecule has 0 unspecified atom stereocenters. The summed E-state index contributed by atoms with van der Waals surface area (Å²) in [6.07, 6.45) is 2.47. The van der Waals surface area contributed by atoms with Crippen LogP contribution in [0, 0.1) is 0 Å². The third-order valence-corrected chi connectivity index (χ3v) is 3.31. The number of rotatable bonds is 6. The zero-order valence-electron chi connectivity index (χ0n) is 12.0. The SMILES string of the molecule is CCCOc1ccc2ccccc2c1CNc1ncn[nH]1. The van der Waals surface area contributed by atoms with E-state index in [0.29, 0.717) is 19.1 Å². The molecule has 0 aliphatic carbocycles. The third kappa shape index (κ3) is 2.97. The molecule has 21 heavy (non-hydrogen) atoms. The predicted octanol–water partition coefficient (Wildman–Crippen LogP) is 3.36. The monoisotopic (exact) mass is 282 g/mol. The molecule has 0 amide bonds. The van der Waals surface area contributed by atoms with Crippen LogP contribution in [0.15, 0.2) is 42.7 Å². The number of anilines is 1. The van der Waals surface area contributed by atoms with E-state index in [4.69, 9.17) is 4.74 Å². The lowest BCUT2D eigenvalue weighted by Crippen LogP contribution is -2.06. The van der Waals surface area contributed by atoms with E-state index in [0.717, 1.165) is 17.7 Å². The fraction of sp³-hybridized carbons (Fsp3) is 0.250. The standard InChI is InChI=1S/C16H18N4O/c1-2-9-21-15-8-7-12-5-3-4-6-13(12)14(15)10-17-16-18-11-19-20-16/h3-8,11H,2,9-10H2,1H3,(H2,17,18,19,20). The molecule has 0 aliphatic rings. The van der Waals surface area contributed by atoms with Gasteiger partial charge in [0.2, 0.25) is 5.95 Å². The van der Waals surface area contributed by atoms with Crippen LogP contribution in [0.1, 0.15) is 18.9 Å². The van der Waals surface area contributed by atoms with Gasteiger partial charge < -0.3 is 10.1 Å². The summed E-state index contributed by atoms with van der Waals surface area (Å²) < 4.78 is 5.88. The lowest BCUT2D eigenvalue weighted by molar-refractivity contribution is 0.315. The smallest absolute Gasteiger partial charge is 0.218 e. The molecule has 5 nitrogen and oxygen atoms in total. The highest BCUT2D eigenvalue weighted by Crippen LogP contribution is 2.28. The molecule has 0 bridgehead atoms. The van der Waals surface area contributed by atoms with Gasteiger partial charge in [-0.05, 0) is 23.3 Å². The molecular formula is C16H18N4O. The van der Waals surface area contributed by atoms with Crippen LogP contribution in [-0.2, 0) is 6.54 Å². The Labute approximate surface area is 123 Å². The van der Waals surface area contributed by atoms with Crippen molar-refractivity contribution in [1.29, 1.82) is 0 Å². The fourth-order valence-corrected chi connectivity index (χ4v) is 2.31. The summed E-state index contributed by atoms with van der Waals surface area (Å²) in [6.45, 7) is 3.46. The first kappa shape index (κ1) is 13.4. The van der Waals surface area contributed by atoms with E-state index in [1.54, 1.807) is 0 Å². The van der Waals surface area contributed by atoms with Crippen molar-refractivity contribution < 1.29 is 4.74 Å². The van der Waals surface area contributed by atoms with Crippen LogP contribution in [-0.4, -0.2) is 21.8 Å². The number of fused-ring (bicyclic) bond motifs is 1. The van der Waals surface area contributed by atoms with E-state index in [-0.39, 0.29) is 0 Å². The summed E-state index contributed by atoms with van der Waals surface area (Å²) >= 11 is 0. The van der Waals surface area contributed by atoms with Crippen molar-refractivity contribution in [2.75, 3.05) is 11.9 Å². The van der Waals surface area contributed by atoms with Gasteiger partial charge in [0.1, 0.15) is 12.1 Å². The van der Waals surface area contributed by atoms with E-state index >= 15 is 0 Å². The van der Waals surface area contributed by atoms with Gasteiger partial charge in [-0.1, -0.05) is 37.3 Å². The molecule has 0 saturated heterocycles. The molecule has 0 fully saturated rings. The number of ether oxygens (including phenoxy) is 1. The number of aromatic nitrogens is 3. The van der Waals surface area contributed by atoms with Crippen LogP contribution in [0.4, 0.5) is 5.95 Å². The van der Waals surface area contributed by atoms with Gasteiger partial charge in [-0.2, -0.15) is 5.10 Å². The second-order valence-corrected chi connectivity index (χ2v) is 4.80. The molecule has 0 saturated carbocycles. The van der Waals surface area contributed by atoms with Crippen molar-refractivity contribution in [2.24, 2.45) is 0 Å². The van der Waals surface area contributed by atoms with Gasteiger partial charge in [0.15, 0.2) is 0 Å². The highest BCUT2D eigenvalue weighted by Gasteiger charge is 2.09.